The first-order valence-electron chi connectivity index (χ1n) is 6.30. The van der Waals surface area contributed by atoms with E-state index in [1.807, 2.05) is 0 Å². The minimum atomic E-state index is -0.611. The first-order valence-corrected chi connectivity index (χ1v) is 6.71. The maximum atomic E-state index is 13.7. The largest absolute Gasteiger partial charge is 0.381 e. The number of nitrogens with one attached hydrogen (secondary N) is 1. The van der Waals surface area contributed by atoms with E-state index < -0.39 is 11.6 Å². The summed E-state index contributed by atoms with van der Waals surface area (Å²) in [6.45, 7) is 2.09. The summed E-state index contributed by atoms with van der Waals surface area (Å²) >= 11 is 5.20. The van der Waals surface area contributed by atoms with Crippen LogP contribution in [0.2, 0.25) is 0 Å². The van der Waals surface area contributed by atoms with E-state index in [0.717, 1.165) is 25.5 Å². The van der Waals surface area contributed by atoms with Gasteiger partial charge in [0.25, 0.3) is 0 Å². The van der Waals surface area contributed by atoms with E-state index in [9.17, 15) is 8.78 Å². The van der Waals surface area contributed by atoms with Gasteiger partial charge in [0.05, 0.1) is 12.1 Å². The maximum absolute atomic E-state index is 13.7. The van der Waals surface area contributed by atoms with E-state index in [4.69, 9.17) is 17.0 Å². The van der Waals surface area contributed by atoms with Crippen LogP contribution in [0.25, 0.3) is 11.0 Å². The quantitative estimate of drug-likeness (QED) is 0.857. The standard InChI is InChI=1S/C13H14F2N2OS/c14-9-4-10(15)12-11(5-9)17(13(19)16-12)6-8-2-1-3-18-7-8/h4-5,8H,1-3,6-7H2,(H,16,19). The van der Waals surface area contributed by atoms with E-state index >= 15 is 0 Å². The van der Waals surface area contributed by atoms with Gasteiger partial charge in [0, 0.05) is 25.1 Å². The van der Waals surface area contributed by atoms with Crippen LogP contribution in [0.5, 0.6) is 0 Å². The highest BCUT2D eigenvalue weighted by molar-refractivity contribution is 7.71. The Hall–Kier alpha value is -1.27. The molecule has 3 nitrogen and oxygen atoms in total. The number of ether oxygens (including phenoxy) is 1. The van der Waals surface area contributed by atoms with Crippen molar-refractivity contribution in [2.24, 2.45) is 5.92 Å². The predicted octanol–water partition coefficient (Wildman–Crippen LogP) is 3.40. The normalized spacial score (nSPS) is 20.0. The Labute approximate surface area is 114 Å². The molecule has 19 heavy (non-hydrogen) atoms. The number of benzene rings is 1. The number of rotatable bonds is 2. The summed E-state index contributed by atoms with van der Waals surface area (Å²) in [7, 11) is 0. The highest BCUT2D eigenvalue weighted by Crippen LogP contribution is 2.23. The molecule has 1 aliphatic heterocycles. The molecule has 0 saturated carbocycles. The SMILES string of the molecule is Fc1cc(F)c2[nH]c(=S)n(CC3CCCOC3)c2c1. The molecule has 1 aromatic carbocycles. The van der Waals surface area contributed by atoms with Gasteiger partial charge in [-0.3, -0.25) is 0 Å². The zero-order valence-electron chi connectivity index (χ0n) is 10.3. The molecular formula is C13H14F2N2OS. The number of nitrogens with zero attached hydrogens (tertiary/aromatic N) is 1. The lowest BCUT2D eigenvalue weighted by molar-refractivity contribution is 0.0486. The average Bonchev–Trinajstić information content (AvgIpc) is 2.69. The molecule has 0 spiro atoms. The van der Waals surface area contributed by atoms with Crippen molar-refractivity contribution in [3.05, 3.63) is 28.5 Å². The average molecular weight is 284 g/mol. The van der Waals surface area contributed by atoms with Crippen molar-refractivity contribution >= 4 is 23.3 Å². The van der Waals surface area contributed by atoms with Gasteiger partial charge < -0.3 is 14.3 Å². The van der Waals surface area contributed by atoms with Crippen LogP contribution < -0.4 is 0 Å². The fourth-order valence-corrected chi connectivity index (χ4v) is 2.85. The van der Waals surface area contributed by atoms with Crippen molar-refractivity contribution in [3.8, 4) is 0 Å². The predicted molar refractivity (Wildman–Crippen MR) is 70.6 cm³/mol. The number of halogens is 2. The number of H-pyrrole nitrogens is 1. The third-order valence-electron chi connectivity index (χ3n) is 3.50. The topological polar surface area (TPSA) is 29.9 Å². The van der Waals surface area contributed by atoms with Crippen molar-refractivity contribution in [3.63, 3.8) is 0 Å². The Bertz CT molecular complexity index is 658. The number of imidazole rings is 1. The number of aromatic nitrogens is 2. The molecular weight excluding hydrogens is 270 g/mol. The lowest BCUT2D eigenvalue weighted by Crippen LogP contribution is -2.22. The van der Waals surface area contributed by atoms with Crippen LogP contribution in [0.3, 0.4) is 0 Å². The molecule has 0 bridgehead atoms. The molecule has 102 valence electrons. The van der Waals surface area contributed by atoms with Gasteiger partial charge in [0.1, 0.15) is 11.3 Å². The van der Waals surface area contributed by atoms with Gasteiger partial charge in [0.2, 0.25) is 0 Å². The summed E-state index contributed by atoms with van der Waals surface area (Å²) < 4.78 is 34.6. The van der Waals surface area contributed by atoms with Crippen molar-refractivity contribution in [1.82, 2.24) is 9.55 Å². The van der Waals surface area contributed by atoms with Gasteiger partial charge in [-0.2, -0.15) is 0 Å². The summed E-state index contributed by atoms with van der Waals surface area (Å²) in [5, 5.41) is 0. The lowest BCUT2D eigenvalue weighted by atomic mass is 10.0. The van der Waals surface area contributed by atoms with Crippen LogP contribution in [0.4, 0.5) is 8.78 Å². The van der Waals surface area contributed by atoms with Gasteiger partial charge >= 0.3 is 0 Å². The molecule has 1 aromatic heterocycles. The summed E-state index contributed by atoms with van der Waals surface area (Å²) in [5.74, 6) is -0.863. The minimum Gasteiger partial charge on any atom is -0.381 e. The minimum absolute atomic E-state index is 0.267. The monoisotopic (exact) mass is 284 g/mol. The smallest absolute Gasteiger partial charge is 0.178 e. The van der Waals surface area contributed by atoms with Gasteiger partial charge in [-0.25, -0.2) is 8.78 Å². The summed E-state index contributed by atoms with van der Waals surface area (Å²) in [6, 6.07) is 2.18. The third-order valence-corrected chi connectivity index (χ3v) is 3.82. The molecule has 0 amide bonds. The molecule has 1 atom stereocenters. The fraction of sp³-hybridized carbons (Fsp3) is 0.462. The Morgan fingerprint density at radius 2 is 2.26 bits per heavy atom. The second kappa shape index (κ2) is 5.02. The first-order chi connectivity index (χ1) is 9.15. The van der Waals surface area contributed by atoms with Gasteiger partial charge in [0.15, 0.2) is 10.6 Å². The van der Waals surface area contributed by atoms with Crippen LogP contribution >= 0.6 is 12.2 Å². The molecule has 6 heteroatoms. The lowest BCUT2D eigenvalue weighted by Gasteiger charge is -2.22. The second-order valence-electron chi connectivity index (χ2n) is 4.91. The number of aromatic amines is 1. The molecule has 1 unspecified atom stereocenters. The number of fused-ring (bicyclic) bond motifs is 1. The Morgan fingerprint density at radius 1 is 1.42 bits per heavy atom. The van der Waals surface area contributed by atoms with Crippen molar-refractivity contribution in [1.29, 1.82) is 0 Å². The van der Waals surface area contributed by atoms with E-state index in [-0.39, 0.29) is 5.52 Å². The van der Waals surface area contributed by atoms with Gasteiger partial charge in [-0.05, 0) is 31.1 Å². The van der Waals surface area contributed by atoms with E-state index in [0.29, 0.717) is 29.4 Å². The Balaban J connectivity index is 2.02. The fourth-order valence-electron chi connectivity index (χ4n) is 2.57. The molecule has 1 aliphatic rings. The van der Waals surface area contributed by atoms with Gasteiger partial charge in [-0.1, -0.05) is 0 Å². The van der Waals surface area contributed by atoms with E-state index in [1.54, 1.807) is 4.57 Å². The van der Waals surface area contributed by atoms with Crippen LogP contribution in [-0.2, 0) is 11.3 Å². The van der Waals surface area contributed by atoms with Crippen molar-refractivity contribution in [2.45, 2.75) is 19.4 Å². The Kier molecular flexibility index (Phi) is 3.36. The van der Waals surface area contributed by atoms with Crippen LogP contribution in [-0.4, -0.2) is 22.8 Å². The van der Waals surface area contributed by atoms with Crippen LogP contribution in [0.1, 0.15) is 12.8 Å². The van der Waals surface area contributed by atoms with Crippen molar-refractivity contribution < 1.29 is 13.5 Å². The highest BCUT2D eigenvalue weighted by atomic mass is 32.1. The summed E-state index contributed by atoms with van der Waals surface area (Å²) in [5.41, 5.74) is 0.746. The van der Waals surface area contributed by atoms with Crippen LogP contribution in [0.15, 0.2) is 12.1 Å². The molecule has 1 saturated heterocycles. The third kappa shape index (κ3) is 2.42. The first kappa shape index (κ1) is 12.7. The second-order valence-corrected chi connectivity index (χ2v) is 5.29. The molecule has 3 rings (SSSR count). The molecule has 0 radical (unpaired) electrons. The zero-order valence-corrected chi connectivity index (χ0v) is 11.1. The zero-order chi connectivity index (χ0) is 13.4. The number of hydrogen-bond acceptors (Lipinski definition) is 2. The van der Waals surface area contributed by atoms with Crippen molar-refractivity contribution in [2.75, 3.05) is 13.2 Å². The Morgan fingerprint density at radius 3 is 3.00 bits per heavy atom. The molecule has 0 aliphatic carbocycles. The molecule has 2 aromatic rings. The number of hydrogen-bond donors (Lipinski definition) is 1. The van der Waals surface area contributed by atoms with Gasteiger partial charge in [-0.15, -0.1) is 0 Å². The van der Waals surface area contributed by atoms with E-state index in [2.05, 4.69) is 4.98 Å². The molecule has 1 fully saturated rings. The highest BCUT2D eigenvalue weighted by Gasteiger charge is 2.17. The van der Waals surface area contributed by atoms with E-state index in [1.165, 1.54) is 6.07 Å². The molecule has 1 N–H and O–H groups in total. The molecule has 2 heterocycles. The maximum Gasteiger partial charge on any atom is 0.178 e. The summed E-state index contributed by atoms with van der Waals surface area (Å²) in [6.07, 6.45) is 2.06. The van der Waals surface area contributed by atoms with Crippen LogP contribution in [0, 0.1) is 22.3 Å². The summed E-state index contributed by atoms with van der Waals surface area (Å²) in [4.78, 5) is 2.81.